The maximum Gasteiger partial charge on any atom is 0.311 e. The molecule has 0 aliphatic heterocycles. The normalized spacial score (nSPS) is 10.1. The molecular weight excluding hydrogens is 262 g/mol. The van der Waals surface area contributed by atoms with Gasteiger partial charge in [0.25, 0.3) is 5.91 Å². The van der Waals surface area contributed by atoms with E-state index in [1.807, 2.05) is 0 Å². The summed E-state index contributed by atoms with van der Waals surface area (Å²) >= 11 is 0. The molecule has 2 rings (SSSR count). The molecule has 20 heavy (non-hydrogen) atoms. The van der Waals surface area contributed by atoms with Crippen LogP contribution in [-0.2, 0) is 0 Å². The van der Waals surface area contributed by atoms with E-state index in [0.717, 1.165) is 11.6 Å². The fraction of sp³-hybridized carbons (Fsp3) is 0.0769. The first kappa shape index (κ1) is 13.5. The number of pyridine rings is 1. The summed E-state index contributed by atoms with van der Waals surface area (Å²) in [5.74, 6) is -1.28. The number of aromatic hydroxyl groups is 1. The number of carbonyl (C=O) groups excluding carboxylic acids is 1. The van der Waals surface area contributed by atoms with Crippen LogP contribution < -0.4 is 5.32 Å². The van der Waals surface area contributed by atoms with Crippen LogP contribution in [0.3, 0.4) is 0 Å². The predicted molar refractivity (Wildman–Crippen MR) is 71.7 cm³/mol. The average molecular weight is 273 g/mol. The Morgan fingerprint density at radius 2 is 2.15 bits per heavy atom. The molecule has 0 saturated carbocycles. The number of hydrogen-bond donors (Lipinski definition) is 2. The number of nitro benzene ring substituents is 1. The minimum absolute atomic E-state index is 0.157. The SMILES string of the molecule is Cc1cnccc1NC(=O)c1cccc([N+](=O)[O-])c1O. The second kappa shape index (κ2) is 5.35. The van der Waals surface area contributed by atoms with E-state index < -0.39 is 22.3 Å². The predicted octanol–water partition coefficient (Wildman–Crippen LogP) is 2.26. The summed E-state index contributed by atoms with van der Waals surface area (Å²) in [6.07, 6.45) is 3.08. The highest BCUT2D eigenvalue weighted by Gasteiger charge is 2.21. The van der Waals surface area contributed by atoms with Gasteiger partial charge in [-0.3, -0.25) is 19.9 Å². The highest BCUT2D eigenvalue weighted by Crippen LogP contribution is 2.29. The van der Waals surface area contributed by atoms with Crippen LogP contribution in [0.15, 0.2) is 36.7 Å². The highest BCUT2D eigenvalue weighted by molar-refractivity contribution is 6.07. The van der Waals surface area contributed by atoms with Crippen molar-refractivity contribution >= 4 is 17.3 Å². The van der Waals surface area contributed by atoms with Gasteiger partial charge in [-0.15, -0.1) is 0 Å². The molecular formula is C13H11N3O4. The lowest BCUT2D eigenvalue weighted by molar-refractivity contribution is -0.385. The average Bonchev–Trinajstić information content (AvgIpc) is 2.41. The van der Waals surface area contributed by atoms with Gasteiger partial charge >= 0.3 is 5.69 Å². The molecule has 0 unspecified atom stereocenters. The summed E-state index contributed by atoms with van der Waals surface area (Å²) in [6.45, 7) is 1.76. The van der Waals surface area contributed by atoms with Gasteiger partial charge in [0, 0.05) is 24.1 Å². The Bertz CT molecular complexity index is 685. The molecule has 0 bridgehead atoms. The number of phenolic OH excluding ortho intramolecular Hbond substituents is 1. The number of nitrogens with one attached hydrogen (secondary N) is 1. The monoisotopic (exact) mass is 273 g/mol. The minimum Gasteiger partial charge on any atom is -0.502 e. The van der Waals surface area contributed by atoms with Gasteiger partial charge in [0.1, 0.15) is 0 Å². The molecule has 1 aromatic carbocycles. The van der Waals surface area contributed by atoms with Crippen molar-refractivity contribution in [2.75, 3.05) is 5.32 Å². The fourth-order valence-electron chi connectivity index (χ4n) is 1.67. The molecule has 2 aromatic rings. The van der Waals surface area contributed by atoms with Crippen molar-refractivity contribution in [2.45, 2.75) is 6.92 Å². The third kappa shape index (κ3) is 2.56. The lowest BCUT2D eigenvalue weighted by Crippen LogP contribution is -2.13. The van der Waals surface area contributed by atoms with Crippen LogP contribution in [0.25, 0.3) is 0 Å². The van der Waals surface area contributed by atoms with Crippen LogP contribution >= 0.6 is 0 Å². The van der Waals surface area contributed by atoms with Crippen molar-refractivity contribution < 1.29 is 14.8 Å². The lowest BCUT2D eigenvalue weighted by Gasteiger charge is -2.08. The molecule has 0 saturated heterocycles. The van der Waals surface area contributed by atoms with E-state index in [4.69, 9.17) is 0 Å². The van der Waals surface area contributed by atoms with Crippen LogP contribution in [0.5, 0.6) is 5.75 Å². The van der Waals surface area contributed by atoms with Crippen molar-refractivity contribution in [3.8, 4) is 5.75 Å². The van der Waals surface area contributed by atoms with Crippen LogP contribution in [0.2, 0.25) is 0 Å². The first-order valence-electron chi connectivity index (χ1n) is 5.69. The Hall–Kier alpha value is -2.96. The summed E-state index contributed by atoms with van der Waals surface area (Å²) in [6, 6.07) is 5.38. The molecule has 1 amide bonds. The van der Waals surface area contributed by atoms with E-state index in [-0.39, 0.29) is 5.56 Å². The van der Waals surface area contributed by atoms with Crippen molar-refractivity contribution in [3.05, 3.63) is 57.9 Å². The zero-order valence-electron chi connectivity index (χ0n) is 10.5. The van der Waals surface area contributed by atoms with E-state index in [2.05, 4.69) is 10.3 Å². The quantitative estimate of drug-likeness (QED) is 0.659. The molecule has 0 aliphatic carbocycles. The Labute approximate surface area is 114 Å². The maximum atomic E-state index is 12.0. The molecule has 102 valence electrons. The molecule has 0 fully saturated rings. The number of nitrogens with zero attached hydrogens (tertiary/aromatic N) is 2. The van der Waals surface area contributed by atoms with E-state index in [1.165, 1.54) is 18.3 Å². The van der Waals surface area contributed by atoms with E-state index >= 15 is 0 Å². The molecule has 7 nitrogen and oxygen atoms in total. The molecule has 1 heterocycles. The summed E-state index contributed by atoms with van der Waals surface area (Å²) in [5, 5.41) is 23.0. The van der Waals surface area contributed by atoms with Crippen molar-refractivity contribution in [2.24, 2.45) is 0 Å². The number of amides is 1. The number of aromatic nitrogens is 1. The Morgan fingerprint density at radius 3 is 2.80 bits per heavy atom. The minimum atomic E-state index is -0.746. The van der Waals surface area contributed by atoms with Gasteiger partial charge < -0.3 is 10.4 Å². The van der Waals surface area contributed by atoms with E-state index in [0.29, 0.717) is 5.69 Å². The third-order valence-electron chi connectivity index (χ3n) is 2.72. The summed E-state index contributed by atoms with van der Waals surface area (Å²) in [7, 11) is 0. The van der Waals surface area contributed by atoms with Crippen LogP contribution in [-0.4, -0.2) is 20.9 Å². The first-order chi connectivity index (χ1) is 9.50. The van der Waals surface area contributed by atoms with Crippen LogP contribution in [0.4, 0.5) is 11.4 Å². The lowest BCUT2D eigenvalue weighted by atomic mass is 10.1. The topological polar surface area (TPSA) is 105 Å². The van der Waals surface area contributed by atoms with E-state index in [9.17, 15) is 20.0 Å². The van der Waals surface area contributed by atoms with Gasteiger partial charge in [-0.2, -0.15) is 0 Å². The number of hydrogen-bond acceptors (Lipinski definition) is 5. The molecule has 0 atom stereocenters. The number of benzene rings is 1. The number of carbonyl (C=O) groups is 1. The number of anilines is 1. The third-order valence-corrected chi connectivity index (χ3v) is 2.72. The Kier molecular flexibility index (Phi) is 3.60. The molecule has 0 aliphatic rings. The van der Waals surface area contributed by atoms with Gasteiger partial charge in [0.15, 0.2) is 0 Å². The summed E-state index contributed by atoms with van der Waals surface area (Å²) < 4.78 is 0. The Morgan fingerprint density at radius 1 is 1.40 bits per heavy atom. The largest absolute Gasteiger partial charge is 0.502 e. The number of para-hydroxylation sites is 1. The fourth-order valence-corrected chi connectivity index (χ4v) is 1.67. The number of aryl methyl sites for hydroxylation is 1. The second-order valence-electron chi connectivity index (χ2n) is 4.08. The van der Waals surface area contributed by atoms with Crippen molar-refractivity contribution in [1.82, 2.24) is 4.98 Å². The van der Waals surface area contributed by atoms with Gasteiger partial charge in [-0.25, -0.2) is 0 Å². The maximum absolute atomic E-state index is 12.0. The van der Waals surface area contributed by atoms with Gasteiger partial charge in [-0.05, 0) is 24.6 Å². The van der Waals surface area contributed by atoms with Crippen LogP contribution in [0, 0.1) is 17.0 Å². The molecule has 7 heteroatoms. The summed E-state index contributed by atoms with van der Waals surface area (Å²) in [5.41, 5.74) is 0.598. The summed E-state index contributed by atoms with van der Waals surface area (Å²) in [4.78, 5) is 25.9. The van der Waals surface area contributed by atoms with Crippen LogP contribution in [0.1, 0.15) is 15.9 Å². The zero-order valence-corrected chi connectivity index (χ0v) is 10.5. The van der Waals surface area contributed by atoms with Gasteiger partial charge in [-0.1, -0.05) is 6.07 Å². The number of rotatable bonds is 3. The molecule has 0 radical (unpaired) electrons. The first-order valence-corrected chi connectivity index (χ1v) is 5.69. The standard InChI is InChI=1S/C13H11N3O4/c1-8-7-14-6-5-10(8)15-13(18)9-3-2-4-11(12(9)17)16(19)20/h2-7,17H,1H3,(H,14,15,18). The molecule has 2 N–H and O–H groups in total. The van der Waals surface area contributed by atoms with Crippen molar-refractivity contribution in [1.29, 1.82) is 0 Å². The number of nitro groups is 1. The second-order valence-corrected chi connectivity index (χ2v) is 4.08. The van der Waals surface area contributed by atoms with Gasteiger partial charge in [0.05, 0.1) is 10.5 Å². The zero-order chi connectivity index (χ0) is 14.7. The number of phenols is 1. The molecule has 0 spiro atoms. The Balaban J connectivity index is 2.33. The van der Waals surface area contributed by atoms with E-state index in [1.54, 1.807) is 19.2 Å². The molecule has 1 aromatic heterocycles. The smallest absolute Gasteiger partial charge is 0.311 e. The van der Waals surface area contributed by atoms with Gasteiger partial charge in [0.2, 0.25) is 5.75 Å². The highest BCUT2D eigenvalue weighted by atomic mass is 16.6. The van der Waals surface area contributed by atoms with Crippen molar-refractivity contribution in [3.63, 3.8) is 0 Å².